The summed E-state index contributed by atoms with van der Waals surface area (Å²) in [4.78, 5) is 11.6. The smallest absolute Gasteiger partial charge is 0.330 e. The van der Waals surface area contributed by atoms with E-state index in [1.54, 1.807) is 24.8 Å². The maximum absolute atomic E-state index is 10.5. The fraction of sp³-hybridized carbons (Fsp3) is 0.182. The third-order valence-corrected chi connectivity index (χ3v) is 3.19. The molecule has 1 rings (SSSR count). The van der Waals surface area contributed by atoms with Crippen molar-refractivity contribution in [1.29, 1.82) is 0 Å². The molecule has 1 aromatic carbocycles. The molecule has 0 aliphatic rings. The zero-order valence-corrected chi connectivity index (χ0v) is 10.6. The van der Waals surface area contributed by atoms with Crippen molar-refractivity contribution in [2.24, 2.45) is 0 Å². The SMILES string of the molecule is CC(=CCSc1cccc(Br)c1)C(=O)O. The summed E-state index contributed by atoms with van der Waals surface area (Å²) in [6, 6.07) is 7.93. The monoisotopic (exact) mass is 286 g/mol. The van der Waals surface area contributed by atoms with Gasteiger partial charge in [-0.1, -0.05) is 28.1 Å². The van der Waals surface area contributed by atoms with Crippen molar-refractivity contribution >= 4 is 33.7 Å². The Labute approximate surface area is 102 Å². The number of carboxylic acid groups (broad SMARTS) is 1. The summed E-state index contributed by atoms with van der Waals surface area (Å²) < 4.78 is 1.03. The summed E-state index contributed by atoms with van der Waals surface area (Å²) in [5, 5.41) is 8.64. The van der Waals surface area contributed by atoms with Gasteiger partial charge < -0.3 is 5.11 Å². The zero-order chi connectivity index (χ0) is 11.3. The lowest BCUT2D eigenvalue weighted by molar-refractivity contribution is -0.132. The quantitative estimate of drug-likeness (QED) is 0.679. The Morgan fingerprint density at radius 3 is 2.93 bits per heavy atom. The van der Waals surface area contributed by atoms with Gasteiger partial charge in [0.15, 0.2) is 0 Å². The molecule has 1 aromatic rings. The van der Waals surface area contributed by atoms with Gasteiger partial charge in [-0.15, -0.1) is 11.8 Å². The number of carbonyl (C=O) groups is 1. The van der Waals surface area contributed by atoms with Gasteiger partial charge in [-0.2, -0.15) is 0 Å². The molecule has 0 saturated carbocycles. The molecule has 1 N–H and O–H groups in total. The maximum Gasteiger partial charge on any atom is 0.330 e. The van der Waals surface area contributed by atoms with Gasteiger partial charge in [-0.05, 0) is 25.1 Å². The van der Waals surface area contributed by atoms with E-state index in [0.717, 1.165) is 9.37 Å². The Kier molecular flexibility index (Phi) is 4.91. The van der Waals surface area contributed by atoms with E-state index in [1.807, 2.05) is 24.3 Å². The predicted molar refractivity (Wildman–Crippen MR) is 66.3 cm³/mol. The van der Waals surface area contributed by atoms with Crippen molar-refractivity contribution in [3.8, 4) is 0 Å². The highest BCUT2D eigenvalue weighted by molar-refractivity contribution is 9.10. The molecule has 15 heavy (non-hydrogen) atoms. The number of halogens is 1. The number of aliphatic carboxylic acids is 1. The molecule has 0 fully saturated rings. The molecule has 4 heteroatoms. The third-order valence-electron chi connectivity index (χ3n) is 1.77. The van der Waals surface area contributed by atoms with Crippen LogP contribution in [0.1, 0.15) is 6.92 Å². The van der Waals surface area contributed by atoms with Crippen LogP contribution in [0.3, 0.4) is 0 Å². The molecule has 0 radical (unpaired) electrons. The molecule has 0 saturated heterocycles. The second-order valence-electron chi connectivity index (χ2n) is 2.96. The number of thioether (sulfide) groups is 1. The Hall–Kier alpha value is -0.740. The van der Waals surface area contributed by atoms with Crippen LogP contribution in [0.25, 0.3) is 0 Å². The second kappa shape index (κ2) is 5.98. The van der Waals surface area contributed by atoms with Crippen molar-refractivity contribution < 1.29 is 9.90 Å². The average molecular weight is 287 g/mol. The summed E-state index contributed by atoms with van der Waals surface area (Å²) in [6.07, 6.45) is 1.72. The predicted octanol–water partition coefficient (Wildman–Crippen LogP) is 3.57. The van der Waals surface area contributed by atoms with Gasteiger partial charge in [0.05, 0.1) is 0 Å². The zero-order valence-electron chi connectivity index (χ0n) is 8.24. The number of rotatable bonds is 4. The molecule has 80 valence electrons. The molecular weight excluding hydrogens is 276 g/mol. The molecule has 0 aliphatic heterocycles. The summed E-state index contributed by atoms with van der Waals surface area (Å²) >= 11 is 4.99. The standard InChI is InChI=1S/C11H11BrO2S/c1-8(11(13)14)5-6-15-10-4-2-3-9(12)7-10/h2-5,7H,6H2,1H3,(H,13,14). The lowest BCUT2D eigenvalue weighted by Gasteiger charge is -1.99. The molecule has 0 aliphatic carbocycles. The van der Waals surface area contributed by atoms with E-state index in [1.165, 1.54) is 0 Å². The molecule has 0 bridgehead atoms. The van der Waals surface area contributed by atoms with Gasteiger partial charge in [0.25, 0.3) is 0 Å². The van der Waals surface area contributed by atoms with Crippen LogP contribution in [0.2, 0.25) is 0 Å². The minimum absolute atomic E-state index is 0.387. The summed E-state index contributed by atoms with van der Waals surface area (Å²) in [7, 11) is 0. The van der Waals surface area contributed by atoms with Gasteiger partial charge in [-0.3, -0.25) is 0 Å². The summed E-state index contributed by atoms with van der Waals surface area (Å²) in [5.74, 6) is -0.181. The van der Waals surface area contributed by atoms with Crippen LogP contribution in [-0.2, 0) is 4.79 Å². The maximum atomic E-state index is 10.5. The number of carboxylic acids is 1. The fourth-order valence-corrected chi connectivity index (χ4v) is 2.37. The van der Waals surface area contributed by atoms with Crippen LogP contribution in [0, 0.1) is 0 Å². The summed E-state index contributed by atoms with van der Waals surface area (Å²) in [6.45, 7) is 1.60. The van der Waals surface area contributed by atoms with E-state index < -0.39 is 5.97 Å². The first-order chi connectivity index (χ1) is 7.09. The molecular formula is C11H11BrO2S. The van der Waals surface area contributed by atoms with E-state index in [0.29, 0.717) is 11.3 Å². The van der Waals surface area contributed by atoms with E-state index >= 15 is 0 Å². The van der Waals surface area contributed by atoms with E-state index in [2.05, 4.69) is 15.9 Å². The van der Waals surface area contributed by atoms with Crippen molar-refractivity contribution in [2.45, 2.75) is 11.8 Å². The molecule has 0 spiro atoms. The van der Waals surface area contributed by atoms with Gasteiger partial charge >= 0.3 is 5.97 Å². The van der Waals surface area contributed by atoms with Crippen LogP contribution >= 0.6 is 27.7 Å². The second-order valence-corrected chi connectivity index (χ2v) is 4.97. The first-order valence-corrected chi connectivity index (χ1v) is 6.16. The van der Waals surface area contributed by atoms with Gasteiger partial charge in [0, 0.05) is 20.7 Å². The first kappa shape index (κ1) is 12.3. The fourth-order valence-electron chi connectivity index (χ4n) is 0.907. The van der Waals surface area contributed by atoms with Crippen LogP contribution < -0.4 is 0 Å². The average Bonchev–Trinajstić information content (AvgIpc) is 2.17. The van der Waals surface area contributed by atoms with E-state index in [9.17, 15) is 4.79 Å². The largest absolute Gasteiger partial charge is 0.478 e. The van der Waals surface area contributed by atoms with Crippen LogP contribution in [0.5, 0.6) is 0 Å². The molecule has 0 aromatic heterocycles. The van der Waals surface area contributed by atoms with Gasteiger partial charge in [-0.25, -0.2) is 4.79 Å². The first-order valence-electron chi connectivity index (χ1n) is 4.38. The van der Waals surface area contributed by atoms with E-state index in [-0.39, 0.29) is 0 Å². The third kappa shape index (κ3) is 4.53. The summed E-state index contributed by atoms with van der Waals surface area (Å²) in [5.41, 5.74) is 0.387. The highest BCUT2D eigenvalue weighted by Gasteiger charge is 1.99. The highest BCUT2D eigenvalue weighted by Crippen LogP contribution is 2.22. The molecule has 0 atom stereocenters. The highest BCUT2D eigenvalue weighted by atomic mass is 79.9. The van der Waals surface area contributed by atoms with Crippen molar-refractivity contribution in [3.05, 3.63) is 40.4 Å². The minimum Gasteiger partial charge on any atom is -0.478 e. The minimum atomic E-state index is -0.857. The normalized spacial score (nSPS) is 11.5. The van der Waals surface area contributed by atoms with Crippen molar-refractivity contribution in [1.82, 2.24) is 0 Å². The Bertz CT molecular complexity index is 388. The number of hydrogen-bond acceptors (Lipinski definition) is 2. The van der Waals surface area contributed by atoms with Crippen molar-refractivity contribution in [2.75, 3.05) is 5.75 Å². The lowest BCUT2D eigenvalue weighted by Crippen LogP contribution is -1.96. The van der Waals surface area contributed by atoms with E-state index in [4.69, 9.17) is 5.11 Å². The van der Waals surface area contributed by atoms with Gasteiger partial charge in [0.1, 0.15) is 0 Å². The Morgan fingerprint density at radius 2 is 2.33 bits per heavy atom. The molecule has 0 unspecified atom stereocenters. The number of benzene rings is 1. The number of hydrogen-bond donors (Lipinski definition) is 1. The Morgan fingerprint density at radius 1 is 1.60 bits per heavy atom. The van der Waals surface area contributed by atoms with Crippen LogP contribution in [-0.4, -0.2) is 16.8 Å². The topological polar surface area (TPSA) is 37.3 Å². The molecule has 2 nitrogen and oxygen atoms in total. The van der Waals surface area contributed by atoms with Crippen LogP contribution in [0.4, 0.5) is 0 Å². The van der Waals surface area contributed by atoms with Crippen molar-refractivity contribution in [3.63, 3.8) is 0 Å². The molecule has 0 heterocycles. The van der Waals surface area contributed by atoms with Crippen LogP contribution in [0.15, 0.2) is 45.3 Å². The lowest BCUT2D eigenvalue weighted by atomic mass is 10.3. The van der Waals surface area contributed by atoms with Gasteiger partial charge in [0.2, 0.25) is 0 Å². The Balaban J connectivity index is 2.51. The molecule has 0 amide bonds.